The minimum atomic E-state index is -0.537. The van der Waals surface area contributed by atoms with Gasteiger partial charge in [0.05, 0.1) is 17.0 Å². The number of carbonyl (C=O) groups excluding carboxylic acids is 1. The Kier molecular flexibility index (Phi) is 8.11. The van der Waals surface area contributed by atoms with E-state index in [0.29, 0.717) is 30.6 Å². The van der Waals surface area contributed by atoms with Crippen molar-refractivity contribution in [3.8, 4) is 34.1 Å². The molecule has 9 heteroatoms. The lowest BCUT2D eigenvalue weighted by molar-refractivity contribution is 0.0206. The van der Waals surface area contributed by atoms with Crippen LogP contribution in [-0.2, 0) is 4.74 Å². The highest BCUT2D eigenvalue weighted by molar-refractivity contribution is 6.00. The molecule has 5 aromatic rings. The predicted molar refractivity (Wildman–Crippen MR) is 172 cm³/mol. The fraction of sp³-hybridized carbons (Fsp3) is 0.286. The second-order valence-electron chi connectivity index (χ2n) is 12.0. The number of hydrogen-bond acceptors (Lipinski definition) is 8. The third kappa shape index (κ3) is 6.46. The zero-order valence-corrected chi connectivity index (χ0v) is 25.4. The van der Waals surface area contributed by atoms with E-state index >= 15 is 0 Å². The topological polar surface area (TPSA) is 102 Å². The number of nitrogens with zero attached hydrogens (tertiary/aromatic N) is 5. The number of carbonyl (C=O) groups is 1. The highest BCUT2D eigenvalue weighted by atomic mass is 16.6. The van der Waals surface area contributed by atoms with Crippen molar-refractivity contribution in [3.05, 3.63) is 90.9 Å². The first-order chi connectivity index (χ1) is 21.2. The second-order valence-corrected chi connectivity index (χ2v) is 12.0. The molecule has 0 saturated carbocycles. The molecule has 9 nitrogen and oxygen atoms in total. The number of piperidine rings is 1. The molecule has 1 saturated heterocycles. The van der Waals surface area contributed by atoms with Crippen LogP contribution in [-0.4, -0.2) is 55.7 Å². The van der Waals surface area contributed by atoms with E-state index in [9.17, 15) is 4.79 Å². The van der Waals surface area contributed by atoms with Gasteiger partial charge < -0.3 is 19.7 Å². The fourth-order valence-electron chi connectivity index (χ4n) is 5.43. The Hall–Kier alpha value is -5.05. The number of benzene rings is 2. The SMILES string of the molecule is Cc1ccc2c(-c3ccccn3)cccc2c1Oc1ncccc1-c1ccnc(NC2CCCN(C(=O)OC(C)(C)C)C2)n1. The van der Waals surface area contributed by atoms with E-state index in [1.54, 1.807) is 23.5 Å². The van der Waals surface area contributed by atoms with Crippen LogP contribution in [0, 0.1) is 6.92 Å². The van der Waals surface area contributed by atoms with Crippen LogP contribution >= 0.6 is 0 Å². The molecule has 1 unspecified atom stereocenters. The van der Waals surface area contributed by atoms with Crippen LogP contribution in [0.3, 0.4) is 0 Å². The van der Waals surface area contributed by atoms with Gasteiger partial charge in [0.25, 0.3) is 0 Å². The maximum absolute atomic E-state index is 12.7. The number of nitrogens with one attached hydrogen (secondary N) is 1. The number of rotatable bonds is 6. The van der Waals surface area contributed by atoms with Crippen molar-refractivity contribution >= 4 is 22.8 Å². The summed E-state index contributed by atoms with van der Waals surface area (Å²) in [6, 6.07) is 21.9. The maximum atomic E-state index is 12.7. The molecule has 6 rings (SSSR count). The average Bonchev–Trinajstić information content (AvgIpc) is 3.02. The number of anilines is 1. The van der Waals surface area contributed by atoms with Gasteiger partial charge in [0.1, 0.15) is 11.4 Å². The van der Waals surface area contributed by atoms with E-state index in [1.165, 1.54) is 0 Å². The van der Waals surface area contributed by atoms with Crippen LogP contribution in [0.5, 0.6) is 11.6 Å². The zero-order chi connectivity index (χ0) is 30.7. The van der Waals surface area contributed by atoms with Crippen LogP contribution in [0.1, 0.15) is 39.2 Å². The average molecular weight is 589 g/mol. The molecular weight excluding hydrogens is 552 g/mol. The van der Waals surface area contributed by atoms with Gasteiger partial charge in [-0.1, -0.05) is 36.4 Å². The van der Waals surface area contributed by atoms with Crippen molar-refractivity contribution < 1.29 is 14.3 Å². The van der Waals surface area contributed by atoms with Gasteiger partial charge in [-0.25, -0.2) is 19.7 Å². The molecule has 2 aromatic carbocycles. The number of hydrogen-bond donors (Lipinski definition) is 1. The smallest absolute Gasteiger partial charge is 0.410 e. The fourth-order valence-corrected chi connectivity index (χ4v) is 5.43. The Bertz CT molecular complexity index is 1790. The second kappa shape index (κ2) is 12.3. The molecule has 3 aromatic heterocycles. The Balaban J connectivity index is 1.26. The lowest BCUT2D eigenvalue weighted by atomic mass is 9.99. The predicted octanol–water partition coefficient (Wildman–Crippen LogP) is 7.67. The van der Waals surface area contributed by atoms with Crippen LogP contribution in [0.25, 0.3) is 33.3 Å². The van der Waals surface area contributed by atoms with Gasteiger partial charge >= 0.3 is 6.09 Å². The number of amides is 1. The summed E-state index contributed by atoms with van der Waals surface area (Å²) >= 11 is 0. The summed E-state index contributed by atoms with van der Waals surface area (Å²) in [5.41, 5.74) is 3.81. The summed E-state index contributed by atoms with van der Waals surface area (Å²) in [4.78, 5) is 32.9. The Morgan fingerprint density at radius 2 is 1.70 bits per heavy atom. The van der Waals surface area contributed by atoms with E-state index in [2.05, 4.69) is 44.5 Å². The van der Waals surface area contributed by atoms with E-state index < -0.39 is 5.60 Å². The first kappa shape index (κ1) is 29.0. The molecule has 224 valence electrons. The van der Waals surface area contributed by atoms with Gasteiger partial charge in [0.15, 0.2) is 0 Å². The molecule has 1 atom stereocenters. The quantitative estimate of drug-likeness (QED) is 0.216. The molecule has 1 aliphatic rings. The number of ether oxygens (including phenoxy) is 2. The zero-order valence-electron chi connectivity index (χ0n) is 25.4. The van der Waals surface area contributed by atoms with Gasteiger partial charge in [0.2, 0.25) is 11.8 Å². The molecule has 4 heterocycles. The van der Waals surface area contributed by atoms with E-state index in [-0.39, 0.29) is 12.1 Å². The van der Waals surface area contributed by atoms with Crippen molar-refractivity contribution in [2.75, 3.05) is 18.4 Å². The molecule has 1 amide bonds. The summed E-state index contributed by atoms with van der Waals surface area (Å²) in [7, 11) is 0. The van der Waals surface area contributed by atoms with Crippen LogP contribution < -0.4 is 10.1 Å². The normalized spacial score (nSPS) is 15.2. The first-order valence-electron chi connectivity index (χ1n) is 14.9. The van der Waals surface area contributed by atoms with E-state index in [1.807, 2.05) is 70.2 Å². The van der Waals surface area contributed by atoms with Crippen LogP contribution in [0.4, 0.5) is 10.7 Å². The summed E-state index contributed by atoms with van der Waals surface area (Å²) in [5, 5.41) is 5.44. The van der Waals surface area contributed by atoms with Crippen molar-refractivity contribution in [2.24, 2.45) is 0 Å². The Labute approximate surface area is 257 Å². The maximum Gasteiger partial charge on any atom is 0.410 e. The first-order valence-corrected chi connectivity index (χ1v) is 14.9. The van der Waals surface area contributed by atoms with Gasteiger partial charge in [-0.3, -0.25) is 4.98 Å². The molecule has 0 radical (unpaired) electrons. The number of fused-ring (bicyclic) bond motifs is 1. The van der Waals surface area contributed by atoms with E-state index in [0.717, 1.165) is 51.7 Å². The standard InChI is InChI=1S/C35H36N6O3/c1-23-15-16-25-26(29-14-5-6-18-36-29)11-7-12-27(25)31(23)43-32-28(13-8-19-37-32)30-17-20-38-33(40-30)39-24-10-9-21-41(22-24)34(42)44-35(2,3)4/h5-8,11-20,24H,9-10,21-22H2,1-4H3,(H,38,39,40). The lowest BCUT2D eigenvalue weighted by Crippen LogP contribution is -2.47. The summed E-state index contributed by atoms with van der Waals surface area (Å²) < 4.78 is 12.2. The van der Waals surface area contributed by atoms with Crippen molar-refractivity contribution in [1.82, 2.24) is 24.8 Å². The van der Waals surface area contributed by atoms with Gasteiger partial charge in [-0.2, -0.15) is 0 Å². The molecular formula is C35H36N6O3. The molecule has 44 heavy (non-hydrogen) atoms. The van der Waals surface area contributed by atoms with E-state index in [4.69, 9.17) is 14.5 Å². The van der Waals surface area contributed by atoms with Gasteiger partial charge in [-0.15, -0.1) is 0 Å². The van der Waals surface area contributed by atoms with Gasteiger partial charge in [0, 0.05) is 48.7 Å². The summed E-state index contributed by atoms with van der Waals surface area (Å²) in [6.45, 7) is 8.85. The molecule has 0 bridgehead atoms. The lowest BCUT2D eigenvalue weighted by Gasteiger charge is -2.34. The van der Waals surface area contributed by atoms with Crippen molar-refractivity contribution in [2.45, 2.75) is 52.2 Å². The third-order valence-corrected chi connectivity index (χ3v) is 7.46. The molecule has 0 spiro atoms. The molecule has 0 aliphatic carbocycles. The molecule has 1 fully saturated rings. The number of aromatic nitrogens is 4. The third-order valence-electron chi connectivity index (χ3n) is 7.46. The number of aryl methyl sites for hydroxylation is 1. The largest absolute Gasteiger partial charge is 0.444 e. The minimum Gasteiger partial charge on any atom is -0.444 e. The number of likely N-dealkylation sites (tertiary alicyclic amines) is 1. The highest BCUT2D eigenvalue weighted by Gasteiger charge is 2.28. The highest BCUT2D eigenvalue weighted by Crippen LogP contribution is 2.39. The molecule has 1 N–H and O–H groups in total. The Morgan fingerprint density at radius 1 is 0.864 bits per heavy atom. The van der Waals surface area contributed by atoms with Crippen LogP contribution in [0.2, 0.25) is 0 Å². The minimum absolute atomic E-state index is 0.00256. The van der Waals surface area contributed by atoms with Crippen molar-refractivity contribution in [1.29, 1.82) is 0 Å². The number of pyridine rings is 2. The monoisotopic (exact) mass is 588 g/mol. The van der Waals surface area contributed by atoms with Crippen LogP contribution in [0.15, 0.2) is 85.3 Å². The Morgan fingerprint density at radius 3 is 2.52 bits per heavy atom. The van der Waals surface area contributed by atoms with Gasteiger partial charge in [-0.05, 0) is 81.8 Å². The van der Waals surface area contributed by atoms with Crippen molar-refractivity contribution in [3.63, 3.8) is 0 Å². The summed E-state index contributed by atoms with van der Waals surface area (Å²) in [5.74, 6) is 1.66. The molecule has 1 aliphatic heterocycles. The summed E-state index contributed by atoms with van der Waals surface area (Å²) in [6.07, 6.45) is 6.70.